The van der Waals surface area contributed by atoms with Crippen LogP contribution in [0.2, 0.25) is 5.02 Å². The second kappa shape index (κ2) is 5.69. The van der Waals surface area contributed by atoms with Gasteiger partial charge < -0.3 is 10.3 Å². The molecule has 3 aromatic rings. The van der Waals surface area contributed by atoms with Crippen LogP contribution < -0.4 is 5.32 Å². The number of carbonyl (C=O) groups is 1. The second-order valence-corrected chi connectivity index (χ2v) is 5.84. The van der Waals surface area contributed by atoms with Crippen LogP contribution in [-0.2, 0) is 6.42 Å². The smallest absolute Gasteiger partial charge is 0.267 e. The first-order valence-electron chi connectivity index (χ1n) is 6.31. The van der Waals surface area contributed by atoms with Crippen molar-refractivity contribution in [2.75, 3.05) is 6.54 Å². The summed E-state index contributed by atoms with van der Waals surface area (Å²) in [5, 5.41) is 6.86. The average molecular weight is 305 g/mol. The Morgan fingerprint density at radius 1 is 1.35 bits per heavy atom. The summed E-state index contributed by atoms with van der Waals surface area (Å²) in [5.41, 5.74) is 1.76. The molecule has 0 aliphatic heterocycles. The molecule has 0 aliphatic carbocycles. The Hall–Kier alpha value is -1.78. The zero-order valence-electron chi connectivity index (χ0n) is 10.7. The number of H-pyrrole nitrogens is 1. The molecule has 0 radical (unpaired) electrons. The van der Waals surface area contributed by atoms with E-state index in [0.717, 1.165) is 6.42 Å². The number of hydrogen-bond donors (Lipinski definition) is 2. The van der Waals surface area contributed by atoms with Crippen molar-refractivity contribution < 1.29 is 4.79 Å². The molecule has 0 atom stereocenters. The number of carbonyl (C=O) groups excluding carboxylic acids is 1. The van der Waals surface area contributed by atoms with Crippen LogP contribution in [0.4, 0.5) is 0 Å². The van der Waals surface area contributed by atoms with Crippen LogP contribution in [0.1, 0.15) is 16.1 Å². The summed E-state index contributed by atoms with van der Waals surface area (Å²) < 4.78 is 1.28. The lowest BCUT2D eigenvalue weighted by molar-refractivity contribution is 0.0950. The molecule has 1 aromatic carbocycles. The van der Waals surface area contributed by atoms with Crippen LogP contribution in [0.15, 0.2) is 41.9 Å². The Balaban J connectivity index is 1.61. The van der Waals surface area contributed by atoms with E-state index in [2.05, 4.69) is 27.8 Å². The Morgan fingerprint density at radius 3 is 3.00 bits per heavy atom. The zero-order chi connectivity index (χ0) is 13.9. The molecule has 2 aromatic heterocycles. The quantitative estimate of drug-likeness (QED) is 0.755. The van der Waals surface area contributed by atoms with Gasteiger partial charge in [-0.25, -0.2) is 0 Å². The first-order valence-corrected chi connectivity index (χ1v) is 7.57. The van der Waals surface area contributed by atoms with E-state index in [4.69, 9.17) is 11.6 Å². The molecular formula is C15H13ClN2OS. The van der Waals surface area contributed by atoms with Crippen LogP contribution in [0.25, 0.3) is 10.1 Å². The average Bonchev–Trinajstić information content (AvgIpc) is 3.06. The van der Waals surface area contributed by atoms with Gasteiger partial charge in [0.25, 0.3) is 5.91 Å². The fourth-order valence-corrected chi connectivity index (χ4v) is 3.29. The number of aromatic nitrogens is 1. The lowest BCUT2D eigenvalue weighted by atomic mass is 10.1. The molecule has 1 amide bonds. The molecular weight excluding hydrogens is 292 g/mol. The highest BCUT2D eigenvalue weighted by molar-refractivity contribution is 7.17. The van der Waals surface area contributed by atoms with Crippen molar-refractivity contribution in [1.82, 2.24) is 10.3 Å². The van der Waals surface area contributed by atoms with Crippen LogP contribution in [0, 0.1) is 0 Å². The van der Waals surface area contributed by atoms with Gasteiger partial charge in [0.1, 0.15) is 5.69 Å². The van der Waals surface area contributed by atoms with E-state index >= 15 is 0 Å². The standard InChI is InChI=1S/C15H13ClN2OS/c16-11-7-13(18-8-11)15(19)17-6-5-10-9-20-14-4-2-1-3-12(10)14/h1-4,7-9,18H,5-6H2,(H,17,19). The number of halogens is 1. The molecule has 0 fully saturated rings. The Labute approximate surface area is 125 Å². The Bertz CT molecular complexity index is 747. The lowest BCUT2D eigenvalue weighted by Crippen LogP contribution is -2.25. The summed E-state index contributed by atoms with van der Waals surface area (Å²) in [5.74, 6) is -0.128. The molecule has 2 N–H and O–H groups in total. The number of nitrogens with one attached hydrogen (secondary N) is 2. The maximum absolute atomic E-state index is 11.9. The summed E-state index contributed by atoms with van der Waals surface area (Å²) in [4.78, 5) is 14.7. The number of benzene rings is 1. The first kappa shape index (κ1) is 13.2. The van der Waals surface area contributed by atoms with Gasteiger partial charge in [0, 0.05) is 17.4 Å². The molecule has 0 bridgehead atoms. The third kappa shape index (κ3) is 2.71. The number of hydrogen-bond acceptors (Lipinski definition) is 2. The Kier molecular flexibility index (Phi) is 3.76. The summed E-state index contributed by atoms with van der Waals surface area (Å²) >= 11 is 7.51. The summed E-state index contributed by atoms with van der Waals surface area (Å²) in [6, 6.07) is 9.94. The molecule has 0 aliphatic rings. The van der Waals surface area contributed by atoms with Gasteiger partial charge in [0.05, 0.1) is 5.02 Å². The van der Waals surface area contributed by atoms with E-state index in [0.29, 0.717) is 17.3 Å². The van der Waals surface area contributed by atoms with Crippen molar-refractivity contribution in [2.24, 2.45) is 0 Å². The monoisotopic (exact) mass is 304 g/mol. The van der Waals surface area contributed by atoms with Crippen molar-refractivity contribution >= 4 is 38.9 Å². The maximum Gasteiger partial charge on any atom is 0.267 e. The third-order valence-corrected chi connectivity index (χ3v) is 4.36. The predicted molar refractivity (Wildman–Crippen MR) is 83.7 cm³/mol. The number of fused-ring (bicyclic) bond motifs is 1. The number of amides is 1. The minimum Gasteiger partial charge on any atom is -0.356 e. The summed E-state index contributed by atoms with van der Waals surface area (Å²) in [7, 11) is 0. The fraction of sp³-hybridized carbons (Fsp3) is 0.133. The highest BCUT2D eigenvalue weighted by atomic mass is 35.5. The van der Waals surface area contributed by atoms with Gasteiger partial charge in [-0.05, 0) is 34.9 Å². The molecule has 0 saturated heterocycles. The molecule has 0 saturated carbocycles. The largest absolute Gasteiger partial charge is 0.356 e. The molecule has 2 heterocycles. The fourth-order valence-electron chi connectivity index (χ4n) is 2.13. The van der Waals surface area contributed by atoms with Crippen LogP contribution in [0.3, 0.4) is 0 Å². The molecule has 20 heavy (non-hydrogen) atoms. The molecule has 0 spiro atoms. The van der Waals surface area contributed by atoms with Gasteiger partial charge in [-0.15, -0.1) is 11.3 Å². The number of aromatic amines is 1. The Morgan fingerprint density at radius 2 is 2.20 bits per heavy atom. The lowest BCUT2D eigenvalue weighted by Gasteiger charge is -2.03. The molecule has 102 valence electrons. The zero-order valence-corrected chi connectivity index (χ0v) is 12.2. The molecule has 0 unspecified atom stereocenters. The highest BCUT2D eigenvalue weighted by Gasteiger charge is 2.08. The van der Waals surface area contributed by atoms with Crippen molar-refractivity contribution in [3.63, 3.8) is 0 Å². The van der Waals surface area contributed by atoms with E-state index < -0.39 is 0 Å². The summed E-state index contributed by atoms with van der Waals surface area (Å²) in [6.07, 6.45) is 2.42. The molecule has 3 nitrogen and oxygen atoms in total. The third-order valence-electron chi connectivity index (χ3n) is 3.13. The van der Waals surface area contributed by atoms with Crippen molar-refractivity contribution in [3.8, 4) is 0 Å². The number of thiophene rings is 1. The van der Waals surface area contributed by atoms with Gasteiger partial charge in [-0.2, -0.15) is 0 Å². The van der Waals surface area contributed by atoms with E-state index in [9.17, 15) is 4.79 Å². The number of rotatable bonds is 4. The van der Waals surface area contributed by atoms with Gasteiger partial charge in [0.15, 0.2) is 0 Å². The van der Waals surface area contributed by atoms with Crippen LogP contribution in [-0.4, -0.2) is 17.4 Å². The highest BCUT2D eigenvalue weighted by Crippen LogP contribution is 2.25. The van der Waals surface area contributed by atoms with Gasteiger partial charge in [0.2, 0.25) is 0 Å². The SMILES string of the molecule is O=C(NCCc1csc2ccccc12)c1cc(Cl)c[nH]1. The second-order valence-electron chi connectivity index (χ2n) is 4.49. The van der Waals surface area contributed by atoms with Gasteiger partial charge in [-0.1, -0.05) is 29.8 Å². The van der Waals surface area contributed by atoms with Gasteiger partial charge >= 0.3 is 0 Å². The molecule has 3 rings (SSSR count). The minimum atomic E-state index is -0.128. The topological polar surface area (TPSA) is 44.9 Å². The predicted octanol–water partition coefficient (Wildman–Crippen LogP) is 3.86. The van der Waals surface area contributed by atoms with E-state index in [1.165, 1.54) is 15.6 Å². The molecule has 5 heteroatoms. The van der Waals surface area contributed by atoms with E-state index in [-0.39, 0.29) is 5.91 Å². The van der Waals surface area contributed by atoms with Gasteiger partial charge in [-0.3, -0.25) is 4.79 Å². The first-order chi connectivity index (χ1) is 9.74. The van der Waals surface area contributed by atoms with Crippen LogP contribution in [0.5, 0.6) is 0 Å². The summed E-state index contributed by atoms with van der Waals surface area (Å²) in [6.45, 7) is 0.607. The normalized spacial score (nSPS) is 10.8. The van der Waals surface area contributed by atoms with Crippen molar-refractivity contribution in [2.45, 2.75) is 6.42 Å². The van der Waals surface area contributed by atoms with E-state index in [1.807, 2.05) is 12.1 Å². The van der Waals surface area contributed by atoms with Crippen LogP contribution >= 0.6 is 22.9 Å². The van der Waals surface area contributed by atoms with Crippen molar-refractivity contribution in [1.29, 1.82) is 0 Å². The minimum absolute atomic E-state index is 0.128. The maximum atomic E-state index is 11.9. The van der Waals surface area contributed by atoms with E-state index in [1.54, 1.807) is 23.6 Å². The van der Waals surface area contributed by atoms with Crippen molar-refractivity contribution in [3.05, 3.63) is 58.2 Å².